The highest BCUT2D eigenvalue weighted by atomic mass is 32.2. The molecular weight excluding hydrogens is 262 g/mol. The quantitative estimate of drug-likeness (QED) is 0.791. The highest BCUT2D eigenvalue weighted by Gasteiger charge is 2.38. The molecule has 1 fully saturated rings. The second-order valence-corrected chi connectivity index (χ2v) is 7.46. The zero-order valence-electron chi connectivity index (χ0n) is 11.9. The monoisotopic (exact) mass is 285 g/mol. The Balaban J connectivity index is 2.07. The van der Waals surface area contributed by atoms with E-state index in [1.807, 2.05) is 18.5 Å². The molecule has 0 spiro atoms. The number of hydrogen-bond acceptors (Lipinski definition) is 3. The molecular formula is C13H23N3O2S. The summed E-state index contributed by atoms with van der Waals surface area (Å²) in [6.45, 7) is 6.21. The minimum absolute atomic E-state index is 0.175. The summed E-state index contributed by atoms with van der Waals surface area (Å²) in [6, 6.07) is 1.74. The first-order valence-electron chi connectivity index (χ1n) is 6.72. The van der Waals surface area contributed by atoms with Crippen LogP contribution in [0.3, 0.4) is 0 Å². The molecule has 0 atom stereocenters. The lowest BCUT2D eigenvalue weighted by Crippen LogP contribution is -2.28. The van der Waals surface area contributed by atoms with Gasteiger partial charge in [0.1, 0.15) is 0 Å². The Morgan fingerprint density at radius 3 is 2.68 bits per heavy atom. The van der Waals surface area contributed by atoms with E-state index in [4.69, 9.17) is 0 Å². The maximum Gasteiger partial charge on any atom is 0.242 e. The maximum atomic E-state index is 12.2. The highest BCUT2D eigenvalue weighted by Crippen LogP contribution is 2.44. The lowest BCUT2D eigenvalue weighted by molar-refractivity contribution is 0.530. The van der Waals surface area contributed by atoms with Crippen molar-refractivity contribution in [3.05, 3.63) is 18.0 Å². The molecule has 1 heterocycles. The molecule has 0 aliphatic heterocycles. The van der Waals surface area contributed by atoms with Gasteiger partial charge in [-0.3, -0.25) is 0 Å². The molecule has 108 valence electrons. The van der Waals surface area contributed by atoms with E-state index in [2.05, 4.69) is 17.0 Å². The van der Waals surface area contributed by atoms with Gasteiger partial charge < -0.3 is 9.88 Å². The van der Waals surface area contributed by atoms with Gasteiger partial charge in [-0.15, -0.1) is 0 Å². The standard InChI is InChI=1S/C13H23N3O2S/c1-4-14-8-11-7-12(9-16(11)3)19(17,18)15-10-13(2)5-6-13/h7,9,14-15H,4-6,8,10H2,1-3H3. The molecule has 0 aromatic carbocycles. The molecule has 0 unspecified atom stereocenters. The van der Waals surface area contributed by atoms with Gasteiger partial charge in [0.15, 0.2) is 0 Å². The third-order valence-corrected chi connectivity index (χ3v) is 5.11. The Hall–Kier alpha value is -0.850. The van der Waals surface area contributed by atoms with Crippen LogP contribution in [0, 0.1) is 5.41 Å². The van der Waals surface area contributed by atoms with Gasteiger partial charge in [0.05, 0.1) is 4.90 Å². The van der Waals surface area contributed by atoms with Crippen molar-refractivity contribution in [1.29, 1.82) is 0 Å². The zero-order valence-corrected chi connectivity index (χ0v) is 12.7. The molecule has 1 aliphatic rings. The number of sulfonamides is 1. The molecule has 1 aromatic heterocycles. The van der Waals surface area contributed by atoms with Crippen LogP contribution in [0.4, 0.5) is 0 Å². The van der Waals surface area contributed by atoms with Crippen LogP contribution in [0.15, 0.2) is 17.2 Å². The molecule has 6 heteroatoms. The molecule has 1 saturated carbocycles. The molecule has 5 nitrogen and oxygen atoms in total. The fourth-order valence-corrected chi connectivity index (χ4v) is 3.19. The van der Waals surface area contributed by atoms with E-state index in [0.29, 0.717) is 18.0 Å². The first kappa shape index (κ1) is 14.6. The molecule has 0 radical (unpaired) electrons. The molecule has 0 saturated heterocycles. The van der Waals surface area contributed by atoms with Crippen LogP contribution < -0.4 is 10.0 Å². The molecule has 2 rings (SSSR count). The molecule has 1 aliphatic carbocycles. The Labute approximate surface area is 115 Å². The number of hydrogen-bond donors (Lipinski definition) is 2. The fraction of sp³-hybridized carbons (Fsp3) is 0.692. The number of aryl methyl sites for hydroxylation is 1. The molecule has 2 N–H and O–H groups in total. The van der Waals surface area contributed by atoms with E-state index in [0.717, 1.165) is 25.1 Å². The van der Waals surface area contributed by atoms with Crippen molar-refractivity contribution in [2.75, 3.05) is 13.1 Å². The van der Waals surface area contributed by atoms with Crippen LogP contribution in [-0.2, 0) is 23.6 Å². The Morgan fingerprint density at radius 2 is 2.11 bits per heavy atom. The third kappa shape index (κ3) is 3.58. The summed E-state index contributed by atoms with van der Waals surface area (Å²) in [6.07, 6.45) is 3.89. The minimum Gasteiger partial charge on any atom is -0.352 e. The Morgan fingerprint density at radius 1 is 1.42 bits per heavy atom. The number of rotatable bonds is 7. The van der Waals surface area contributed by atoms with E-state index >= 15 is 0 Å². The first-order chi connectivity index (χ1) is 8.86. The predicted molar refractivity (Wildman–Crippen MR) is 75.3 cm³/mol. The lowest BCUT2D eigenvalue weighted by Gasteiger charge is -2.09. The highest BCUT2D eigenvalue weighted by molar-refractivity contribution is 7.89. The Bertz CT molecular complexity index is 544. The SMILES string of the molecule is CCNCc1cc(S(=O)(=O)NCC2(C)CC2)cn1C. The van der Waals surface area contributed by atoms with Crippen LogP contribution >= 0.6 is 0 Å². The fourth-order valence-electron chi connectivity index (χ4n) is 1.90. The van der Waals surface area contributed by atoms with Crippen molar-refractivity contribution in [3.8, 4) is 0 Å². The first-order valence-corrected chi connectivity index (χ1v) is 8.20. The summed E-state index contributed by atoms with van der Waals surface area (Å²) in [4.78, 5) is 0.354. The van der Waals surface area contributed by atoms with Crippen molar-refractivity contribution in [3.63, 3.8) is 0 Å². The van der Waals surface area contributed by atoms with Crippen LogP contribution in [-0.4, -0.2) is 26.1 Å². The lowest BCUT2D eigenvalue weighted by atomic mass is 10.2. The second-order valence-electron chi connectivity index (χ2n) is 5.69. The molecule has 0 amide bonds. The summed E-state index contributed by atoms with van der Waals surface area (Å²) in [5.41, 5.74) is 1.15. The second kappa shape index (κ2) is 5.26. The van der Waals surface area contributed by atoms with Gasteiger partial charge in [0.25, 0.3) is 0 Å². The van der Waals surface area contributed by atoms with Crippen molar-refractivity contribution >= 4 is 10.0 Å². The van der Waals surface area contributed by atoms with Crippen molar-refractivity contribution in [2.24, 2.45) is 12.5 Å². The average Bonchev–Trinajstić information content (AvgIpc) is 2.97. The molecule has 1 aromatic rings. The van der Waals surface area contributed by atoms with E-state index in [1.54, 1.807) is 12.3 Å². The molecule has 0 bridgehead atoms. The van der Waals surface area contributed by atoms with Crippen molar-refractivity contribution in [1.82, 2.24) is 14.6 Å². The van der Waals surface area contributed by atoms with Crippen LogP contribution in [0.2, 0.25) is 0 Å². The van der Waals surface area contributed by atoms with Gasteiger partial charge in [-0.25, -0.2) is 13.1 Å². The smallest absolute Gasteiger partial charge is 0.242 e. The van der Waals surface area contributed by atoms with Crippen LogP contribution in [0.1, 0.15) is 32.4 Å². The summed E-state index contributed by atoms with van der Waals surface area (Å²) in [5.74, 6) is 0. The van der Waals surface area contributed by atoms with Gasteiger partial charge in [-0.1, -0.05) is 13.8 Å². The maximum absolute atomic E-state index is 12.2. The van der Waals surface area contributed by atoms with Crippen LogP contribution in [0.5, 0.6) is 0 Å². The van der Waals surface area contributed by atoms with Gasteiger partial charge >= 0.3 is 0 Å². The predicted octanol–water partition coefficient (Wildman–Crippen LogP) is 1.21. The Kier molecular flexibility index (Phi) is 4.03. The molecule has 19 heavy (non-hydrogen) atoms. The number of nitrogens with zero attached hydrogens (tertiary/aromatic N) is 1. The summed E-state index contributed by atoms with van der Waals surface area (Å²) in [7, 11) is -1.51. The average molecular weight is 285 g/mol. The third-order valence-electron chi connectivity index (χ3n) is 3.74. The van der Waals surface area contributed by atoms with Gasteiger partial charge in [0, 0.05) is 32.0 Å². The van der Waals surface area contributed by atoms with Crippen molar-refractivity contribution < 1.29 is 8.42 Å². The topological polar surface area (TPSA) is 63.1 Å². The zero-order chi connectivity index (χ0) is 14.1. The van der Waals surface area contributed by atoms with Crippen molar-refractivity contribution in [2.45, 2.75) is 38.1 Å². The minimum atomic E-state index is -3.38. The number of aromatic nitrogens is 1. The van der Waals surface area contributed by atoms with Gasteiger partial charge in [-0.2, -0.15) is 0 Å². The summed E-state index contributed by atoms with van der Waals surface area (Å²) in [5, 5.41) is 3.20. The normalized spacial score (nSPS) is 17.6. The summed E-state index contributed by atoms with van der Waals surface area (Å²) >= 11 is 0. The summed E-state index contributed by atoms with van der Waals surface area (Å²) < 4.78 is 29.0. The van der Waals surface area contributed by atoms with E-state index < -0.39 is 10.0 Å². The van der Waals surface area contributed by atoms with E-state index in [1.165, 1.54) is 0 Å². The van der Waals surface area contributed by atoms with Gasteiger partial charge in [0.2, 0.25) is 10.0 Å². The van der Waals surface area contributed by atoms with E-state index in [9.17, 15) is 8.42 Å². The van der Waals surface area contributed by atoms with Gasteiger partial charge in [-0.05, 0) is 30.9 Å². The van der Waals surface area contributed by atoms with Crippen LogP contribution in [0.25, 0.3) is 0 Å². The largest absolute Gasteiger partial charge is 0.352 e. The van der Waals surface area contributed by atoms with E-state index in [-0.39, 0.29) is 5.41 Å². The number of nitrogens with one attached hydrogen (secondary N) is 2.